The molecule has 0 atom stereocenters. The number of ether oxygens (including phenoxy) is 1. The lowest BCUT2D eigenvalue weighted by atomic mass is 10.1. The van der Waals surface area contributed by atoms with E-state index in [0.717, 1.165) is 37.1 Å². The molecule has 0 unspecified atom stereocenters. The van der Waals surface area contributed by atoms with Crippen LogP contribution in [0.3, 0.4) is 0 Å². The third-order valence-electron chi connectivity index (χ3n) is 4.65. The highest BCUT2D eigenvalue weighted by molar-refractivity contribution is 7.92. The molecule has 0 aromatic heterocycles. The van der Waals surface area contributed by atoms with Gasteiger partial charge in [-0.1, -0.05) is 25.5 Å². The van der Waals surface area contributed by atoms with Crippen molar-refractivity contribution in [1.82, 2.24) is 0 Å². The number of amides is 1. The highest BCUT2D eigenvalue weighted by Crippen LogP contribution is 2.22. The molecular formula is C24H23FN2O5S. The molecule has 3 aromatic carbocycles. The fourth-order valence-electron chi connectivity index (χ4n) is 2.87. The molecule has 9 heteroatoms. The second-order valence-corrected chi connectivity index (χ2v) is 8.81. The fraction of sp³-hybridized carbons (Fsp3) is 0.167. The Morgan fingerprint density at radius 1 is 0.939 bits per heavy atom. The molecule has 3 aromatic rings. The molecular weight excluding hydrogens is 447 g/mol. The zero-order valence-corrected chi connectivity index (χ0v) is 18.7. The van der Waals surface area contributed by atoms with E-state index >= 15 is 0 Å². The number of sulfonamides is 1. The smallest absolute Gasteiger partial charge is 0.338 e. The van der Waals surface area contributed by atoms with E-state index in [2.05, 4.69) is 10.0 Å². The van der Waals surface area contributed by atoms with Gasteiger partial charge in [-0.3, -0.25) is 9.52 Å². The summed E-state index contributed by atoms with van der Waals surface area (Å²) in [5.74, 6) is -1.55. The summed E-state index contributed by atoms with van der Waals surface area (Å²) in [5, 5.41) is 2.67. The lowest BCUT2D eigenvalue weighted by Crippen LogP contribution is -2.18. The Morgan fingerprint density at radius 2 is 1.61 bits per heavy atom. The topological polar surface area (TPSA) is 102 Å². The van der Waals surface area contributed by atoms with E-state index in [4.69, 9.17) is 4.74 Å². The van der Waals surface area contributed by atoms with Crippen LogP contribution < -0.4 is 10.0 Å². The molecule has 0 heterocycles. The average molecular weight is 471 g/mol. The van der Waals surface area contributed by atoms with E-state index in [-0.39, 0.29) is 16.1 Å². The molecule has 0 aliphatic heterocycles. The molecule has 0 spiro atoms. The maximum absolute atomic E-state index is 13.1. The molecule has 7 nitrogen and oxygen atoms in total. The van der Waals surface area contributed by atoms with Crippen LogP contribution in [0.4, 0.5) is 15.8 Å². The molecule has 0 aliphatic rings. The number of anilines is 2. The van der Waals surface area contributed by atoms with Crippen molar-refractivity contribution in [2.24, 2.45) is 0 Å². The van der Waals surface area contributed by atoms with Crippen LogP contribution in [-0.4, -0.2) is 26.9 Å². The van der Waals surface area contributed by atoms with Crippen LogP contribution in [0.5, 0.6) is 0 Å². The molecule has 2 N–H and O–H groups in total. The van der Waals surface area contributed by atoms with Gasteiger partial charge in [0, 0.05) is 5.69 Å². The minimum absolute atomic E-state index is 0.0652. The maximum Gasteiger partial charge on any atom is 0.338 e. The summed E-state index contributed by atoms with van der Waals surface area (Å²) in [5.41, 5.74) is 0.930. The van der Waals surface area contributed by atoms with Gasteiger partial charge >= 0.3 is 5.97 Å². The number of rotatable bonds is 9. The van der Waals surface area contributed by atoms with E-state index in [0.29, 0.717) is 17.9 Å². The minimum atomic E-state index is -4.03. The Bertz CT molecular complexity index is 1230. The molecule has 0 fully saturated rings. The van der Waals surface area contributed by atoms with Gasteiger partial charge in [-0.2, -0.15) is 0 Å². The van der Waals surface area contributed by atoms with Crippen LogP contribution in [0.1, 0.15) is 40.5 Å². The van der Waals surface area contributed by atoms with Crippen molar-refractivity contribution >= 4 is 33.3 Å². The highest BCUT2D eigenvalue weighted by atomic mass is 32.2. The Balaban J connectivity index is 1.72. The summed E-state index contributed by atoms with van der Waals surface area (Å²) in [4.78, 5) is 24.7. The number of carbonyl (C=O) groups excluding carboxylic acids is 2. The lowest BCUT2D eigenvalue weighted by Gasteiger charge is -2.13. The van der Waals surface area contributed by atoms with Crippen molar-refractivity contribution in [3.05, 3.63) is 89.7 Å². The minimum Gasteiger partial charge on any atom is -0.462 e. The monoisotopic (exact) mass is 470 g/mol. The van der Waals surface area contributed by atoms with Crippen LogP contribution in [0.15, 0.2) is 77.7 Å². The number of benzene rings is 3. The molecule has 0 radical (unpaired) electrons. The first-order valence-electron chi connectivity index (χ1n) is 10.3. The number of hydrogen-bond acceptors (Lipinski definition) is 5. The van der Waals surface area contributed by atoms with Gasteiger partial charge in [0.1, 0.15) is 5.82 Å². The van der Waals surface area contributed by atoms with Crippen LogP contribution in [-0.2, 0) is 14.8 Å². The predicted octanol–water partition coefficient (Wildman–Crippen LogP) is 4.84. The molecule has 172 valence electrons. The Morgan fingerprint density at radius 3 is 2.27 bits per heavy atom. The number of nitrogens with one attached hydrogen (secondary N) is 2. The van der Waals surface area contributed by atoms with E-state index in [1.165, 1.54) is 24.3 Å². The number of carbonyl (C=O) groups is 2. The largest absolute Gasteiger partial charge is 0.462 e. The summed E-state index contributed by atoms with van der Waals surface area (Å²) in [6, 6.07) is 16.6. The summed E-state index contributed by atoms with van der Waals surface area (Å²) < 4.78 is 45.9. The lowest BCUT2D eigenvalue weighted by molar-refractivity contribution is 0.0499. The standard InChI is InChI=1S/C24H23FN2O5S/c1-2-3-16-32-24(29)17-8-12-19(13-9-17)26-23(28)21-6-4-5-7-22(21)27-33(30,31)20-14-10-18(25)11-15-20/h4-15,27H,2-3,16H2,1H3,(H,26,28). The van der Waals surface area contributed by atoms with Gasteiger partial charge in [0.15, 0.2) is 0 Å². The zero-order chi connectivity index (χ0) is 23.8. The van der Waals surface area contributed by atoms with Crippen molar-refractivity contribution in [3.8, 4) is 0 Å². The van der Waals surface area contributed by atoms with Gasteiger partial charge in [0.05, 0.1) is 28.3 Å². The van der Waals surface area contributed by atoms with Gasteiger partial charge < -0.3 is 10.1 Å². The second-order valence-electron chi connectivity index (χ2n) is 7.13. The van der Waals surface area contributed by atoms with Gasteiger partial charge in [0.25, 0.3) is 15.9 Å². The van der Waals surface area contributed by atoms with Crippen molar-refractivity contribution in [1.29, 1.82) is 0 Å². The maximum atomic E-state index is 13.1. The van der Waals surface area contributed by atoms with Crippen molar-refractivity contribution in [2.75, 3.05) is 16.6 Å². The number of para-hydroxylation sites is 1. The SMILES string of the molecule is CCCCOC(=O)c1ccc(NC(=O)c2ccccc2NS(=O)(=O)c2ccc(F)cc2)cc1. The van der Waals surface area contributed by atoms with Gasteiger partial charge in [-0.05, 0) is 67.1 Å². The number of unbranched alkanes of at least 4 members (excludes halogenated alkanes) is 1. The summed E-state index contributed by atoms with van der Waals surface area (Å²) in [7, 11) is -4.03. The summed E-state index contributed by atoms with van der Waals surface area (Å²) in [6.07, 6.45) is 1.70. The number of halogens is 1. The van der Waals surface area contributed by atoms with E-state index in [1.807, 2.05) is 6.92 Å². The summed E-state index contributed by atoms with van der Waals surface area (Å²) >= 11 is 0. The highest BCUT2D eigenvalue weighted by Gasteiger charge is 2.19. The molecule has 33 heavy (non-hydrogen) atoms. The third-order valence-corrected chi connectivity index (χ3v) is 6.03. The van der Waals surface area contributed by atoms with Crippen molar-refractivity contribution in [2.45, 2.75) is 24.7 Å². The van der Waals surface area contributed by atoms with Crippen LogP contribution in [0.25, 0.3) is 0 Å². The van der Waals surface area contributed by atoms with E-state index in [1.54, 1.807) is 24.3 Å². The quantitative estimate of drug-likeness (QED) is 0.344. The Labute approximate surface area is 191 Å². The van der Waals surface area contributed by atoms with E-state index < -0.39 is 27.7 Å². The average Bonchev–Trinajstić information content (AvgIpc) is 2.80. The van der Waals surface area contributed by atoms with Crippen molar-refractivity contribution in [3.63, 3.8) is 0 Å². The first kappa shape index (κ1) is 23.9. The van der Waals surface area contributed by atoms with Crippen LogP contribution in [0, 0.1) is 5.82 Å². The van der Waals surface area contributed by atoms with Gasteiger partial charge in [0.2, 0.25) is 0 Å². The van der Waals surface area contributed by atoms with Crippen molar-refractivity contribution < 1.29 is 27.1 Å². The van der Waals surface area contributed by atoms with Gasteiger partial charge in [-0.25, -0.2) is 17.6 Å². The molecule has 1 amide bonds. The second kappa shape index (κ2) is 10.7. The number of hydrogen-bond donors (Lipinski definition) is 2. The van der Waals surface area contributed by atoms with E-state index in [9.17, 15) is 22.4 Å². The normalized spacial score (nSPS) is 11.0. The fourth-order valence-corrected chi connectivity index (χ4v) is 3.95. The molecule has 0 saturated heterocycles. The Kier molecular flexibility index (Phi) is 7.78. The molecule has 3 rings (SSSR count). The van der Waals surface area contributed by atoms with Crippen LogP contribution in [0.2, 0.25) is 0 Å². The zero-order valence-electron chi connectivity index (χ0n) is 17.9. The van der Waals surface area contributed by atoms with Crippen LogP contribution >= 0.6 is 0 Å². The first-order valence-corrected chi connectivity index (χ1v) is 11.7. The third kappa shape index (κ3) is 6.39. The molecule has 0 bridgehead atoms. The number of esters is 1. The molecule has 0 saturated carbocycles. The molecule has 0 aliphatic carbocycles. The predicted molar refractivity (Wildman–Crippen MR) is 123 cm³/mol. The Hall–Kier alpha value is -3.72. The first-order chi connectivity index (χ1) is 15.8. The van der Waals surface area contributed by atoms with Gasteiger partial charge in [-0.15, -0.1) is 0 Å². The summed E-state index contributed by atoms with van der Waals surface area (Å²) in [6.45, 7) is 2.34.